The van der Waals surface area contributed by atoms with Gasteiger partial charge in [-0.2, -0.15) is 0 Å². The van der Waals surface area contributed by atoms with E-state index in [9.17, 15) is 14.7 Å². The lowest BCUT2D eigenvalue weighted by atomic mass is 9.71. The Morgan fingerprint density at radius 1 is 1.47 bits per heavy atom. The van der Waals surface area contributed by atoms with Crippen molar-refractivity contribution in [1.82, 2.24) is 5.32 Å². The van der Waals surface area contributed by atoms with Gasteiger partial charge in [-0.05, 0) is 26.2 Å². The molecule has 5 nitrogen and oxygen atoms in total. The summed E-state index contributed by atoms with van der Waals surface area (Å²) in [4.78, 5) is 23.6. The molecular formula is C14H26N2O3. The number of amides is 1. The van der Waals surface area contributed by atoms with Crippen LogP contribution in [0, 0.1) is 11.3 Å². The number of nitrogens with one attached hydrogen (secondary N) is 1. The zero-order valence-electron chi connectivity index (χ0n) is 11.9. The Bertz CT molecular complexity index is 333. The van der Waals surface area contributed by atoms with Crippen molar-refractivity contribution in [2.45, 2.75) is 58.4 Å². The van der Waals surface area contributed by atoms with Gasteiger partial charge < -0.3 is 16.2 Å². The van der Waals surface area contributed by atoms with Crippen molar-refractivity contribution in [1.29, 1.82) is 0 Å². The molecule has 0 aromatic rings. The van der Waals surface area contributed by atoms with Crippen LogP contribution in [0.2, 0.25) is 0 Å². The topological polar surface area (TPSA) is 92.4 Å². The molecule has 1 fully saturated rings. The lowest BCUT2D eigenvalue weighted by Crippen LogP contribution is -2.53. The average Bonchev–Trinajstić information content (AvgIpc) is 2.38. The van der Waals surface area contributed by atoms with E-state index >= 15 is 0 Å². The molecule has 3 atom stereocenters. The Morgan fingerprint density at radius 2 is 2.16 bits per heavy atom. The summed E-state index contributed by atoms with van der Waals surface area (Å²) in [5.74, 6) is -1.12. The first-order valence-corrected chi connectivity index (χ1v) is 7.19. The van der Waals surface area contributed by atoms with Crippen LogP contribution in [0.25, 0.3) is 0 Å². The highest BCUT2D eigenvalue weighted by Gasteiger charge is 2.44. The van der Waals surface area contributed by atoms with Gasteiger partial charge in [0, 0.05) is 12.6 Å². The number of carbonyl (C=O) groups excluding carboxylic acids is 1. The molecule has 1 rings (SSSR count). The minimum Gasteiger partial charge on any atom is -0.481 e. The molecule has 5 heteroatoms. The maximum Gasteiger partial charge on any atom is 0.311 e. The molecule has 0 bridgehead atoms. The van der Waals surface area contributed by atoms with Crippen LogP contribution in [0.3, 0.4) is 0 Å². The highest BCUT2D eigenvalue weighted by Crippen LogP contribution is 2.36. The van der Waals surface area contributed by atoms with E-state index in [2.05, 4.69) is 5.32 Å². The van der Waals surface area contributed by atoms with Crippen molar-refractivity contribution in [3.63, 3.8) is 0 Å². The summed E-state index contributed by atoms with van der Waals surface area (Å²) >= 11 is 0. The van der Waals surface area contributed by atoms with Crippen molar-refractivity contribution in [3.8, 4) is 0 Å². The first-order chi connectivity index (χ1) is 8.95. The van der Waals surface area contributed by atoms with E-state index in [1.54, 1.807) is 6.92 Å². The fourth-order valence-electron chi connectivity index (χ4n) is 2.81. The molecule has 19 heavy (non-hydrogen) atoms. The van der Waals surface area contributed by atoms with Crippen LogP contribution >= 0.6 is 0 Å². The predicted molar refractivity (Wildman–Crippen MR) is 73.6 cm³/mol. The van der Waals surface area contributed by atoms with Gasteiger partial charge in [0.05, 0.1) is 11.3 Å². The van der Waals surface area contributed by atoms with Gasteiger partial charge in [-0.15, -0.1) is 0 Å². The summed E-state index contributed by atoms with van der Waals surface area (Å²) in [5, 5.41) is 12.3. The average molecular weight is 270 g/mol. The van der Waals surface area contributed by atoms with Gasteiger partial charge in [-0.3, -0.25) is 9.59 Å². The minimum absolute atomic E-state index is 0.0938. The molecule has 0 aliphatic heterocycles. The van der Waals surface area contributed by atoms with E-state index in [4.69, 9.17) is 5.73 Å². The SMILES string of the molecule is CCCC(CN)C(=O)NC1CCCCC1(C)C(=O)O. The predicted octanol–water partition coefficient (Wildman–Crippen LogP) is 1.51. The summed E-state index contributed by atoms with van der Waals surface area (Å²) < 4.78 is 0. The zero-order valence-corrected chi connectivity index (χ0v) is 11.9. The Balaban J connectivity index is 2.72. The third-order valence-corrected chi connectivity index (χ3v) is 4.31. The van der Waals surface area contributed by atoms with Crippen LogP contribution in [-0.4, -0.2) is 29.6 Å². The van der Waals surface area contributed by atoms with E-state index < -0.39 is 11.4 Å². The standard InChI is InChI=1S/C14H26N2O3/c1-3-6-10(9-15)12(17)16-11-7-4-5-8-14(11,2)13(18)19/h10-11H,3-9,15H2,1-2H3,(H,16,17)(H,18,19). The zero-order chi connectivity index (χ0) is 14.5. The smallest absolute Gasteiger partial charge is 0.311 e. The molecule has 1 amide bonds. The van der Waals surface area contributed by atoms with E-state index in [0.29, 0.717) is 13.0 Å². The largest absolute Gasteiger partial charge is 0.481 e. The Kier molecular flexibility index (Phi) is 5.79. The van der Waals surface area contributed by atoms with Crippen molar-refractivity contribution in [3.05, 3.63) is 0 Å². The van der Waals surface area contributed by atoms with Gasteiger partial charge >= 0.3 is 5.97 Å². The van der Waals surface area contributed by atoms with Crippen molar-refractivity contribution in [2.75, 3.05) is 6.54 Å². The Morgan fingerprint density at radius 3 is 2.68 bits per heavy atom. The monoisotopic (exact) mass is 270 g/mol. The molecule has 0 radical (unpaired) electrons. The van der Waals surface area contributed by atoms with Crippen LogP contribution in [0.5, 0.6) is 0 Å². The van der Waals surface area contributed by atoms with E-state index in [0.717, 1.165) is 32.1 Å². The van der Waals surface area contributed by atoms with Crippen molar-refractivity contribution in [2.24, 2.45) is 17.1 Å². The fourth-order valence-corrected chi connectivity index (χ4v) is 2.81. The van der Waals surface area contributed by atoms with E-state index in [1.165, 1.54) is 0 Å². The van der Waals surface area contributed by atoms with Gasteiger partial charge in [-0.1, -0.05) is 26.2 Å². The molecule has 3 unspecified atom stereocenters. The number of aliphatic carboxylic acids is 1. The minimum atomic E-state index is -0.848. The van der Waals surface area contributed by atoms with Gasteiger partial charge in [0.15, 0.2) is 0 Å². The van der Waals surface area contributed by atoms with Crippen molar-refractivity contribution >= 4 is 11.9 Å². The Hall–Kier alpha value is -1.10. The summed E-state index contributed by atoms with van der Waals surface area (Å²) in [6.07, 6.45) is 4.88. The summed E-state index contributed by atoms with van der Waals surface area (Å²) in [6, 6.07) is -0.280. The van der Waals surface area contributed by atoms with Crippen LogP contribution in [0.1, 0.15) is 52.4 Å². The van der Waals surface area contributed by atoms with E-state index in [-0.39, 0.29) is 17.9 Å². The number of hydrogen-bond acceptors (Lipinski definition) is 3. The highest BCUT2D eigenvalue weighted by atomic mass is 16.4. The van der Waals surface area contributed by atoms with Gasteiger partial charge in [0.2, 0.25) is 5.91 Å². The highest BCUT2D eigenvalue weighted by molar-refractivity contribution is 5.81. The molecule has 1 aliphatic rings. The lowest BCUT2D eigenvalue weighted by Gasteiger charge is -2.38. The Labute approximate surface area is 114 Å². The number of carboxylic acid groups (broad SMARTS) is 1. The molecule has 1 aliphatic carbocycles. The molecule has 1 saturated carbocycles. The summed E-state index contributed by atoms with van der Waals surface area (Å²) in [5.41, 5.74) is 4.77. The van der Waals surface area contributed by atoms with E-state index in [1.807, 2.05) is 6.92 Å². The van der Waals surface area contributed by atoms with Crippen LogP contribution in [0.4, 0.5) is 0 Å². The second-order valence-corrected chi connectivity index (χ2v) is 5.75. The van der Waals surface area contributed by atoms with Crippen LogP contribution in [-0.2, 0) is 9.59 Å². The molecule has 0 heterocycles. The number of carboxylic acids is 1. The molecule has 110 valence electrons. The second kappa shape index (κ2) is 6.89. The molecule has 4 N–H and O–H groups in total. The summed E-state index contributed by atoms with van der Waals surface area (Å²) in [6.45, 7) is 4.06. The number of carbonyl (C=O) groups is 2. The first-order valence-electron chi connectivity index (χ1n) is 7.19. The third-order valence-electron chi connectivity index (χ3n) is 4.31. The van der Waals surface area contributed by atoms with Crippen LogP contribution in [0.15, 0.2) is 0 Å². The molecule has 0 spiro atoms. The van der Waals surface area contributed by atoms with Gasteiger partial charge in [-0.25, -0.2) is 0 Å². The van der Waals surface area contributed by atoms with Gasteiger partial charge in [0.1, 0.15) is 0 Å². The molecule has 0 saturated heterocycles. The maximum atomic E-state index is 12.2. The summed E-state index contributed by atoms with van der Waals surface area (Å²) in [7, 11) is 0. The molecule has 0 aromatic carbocycles. The molecule has 0 aromatic heterocycles. The lowest BCUT2D eigenvalue weighted by molar-refractivity contribution is -0.152. The molecular weight excluding hydrogens is 244 g/mol. The first kappa shape index (κ1) is 16.0. The number of hydrogen-bond donors (Lipinski definition) is 3. The number of nitrogens with two attached hydrogens (primary N) is 1. The third kappa shape index (κ3) is 3.69. The maximum absolute atomic E-state index is 12.2. The quantitative estimate of drug-likeness (QED) is 0.682. The van der Waals surface area contributed by atoms with Crippen molar-refractivity contribution < 1.29 is 14.7 Å². The van der Waals surface area contributed by atoms with Gasteiger partial charge in [0.25, 0.3) is 0 Å². The fraction of sp³-hybridized carbons (Fsp3) is 0.857. The van der Waals surface area contributed by atoms with Crippen LogP contribution < -0.4 is 11.1 Å². The number of rotatable bonds is 6. The second-order valence-electron chi connectivity index (χ2n) is 5.75. The normalized spacial score (nSPS) is 28.7.